The van der Waals surface area contributed by atoms with E-state index < -0.39 is 0 Å². The van der Waals surface area contributed by atoms with Crippen molar-refractivity contribution in [2.24, 2.45) is 0 Å². The van der Waals surface area contributed by atoms with Gasteiger partial charge in [0.2, 0.25) is 0 Å². The first-order valence-corrected chi connectivity index (χ1v) is 6.81. The van der Waals surface area contributed by atoms with Gasteiger partial charge in [0, 0.05) is 18.0 Å². The number of anilines is 1. The second-order valence-corrected chi connectivity index (χ2v) is 5.28. The van der Waals surface area contributed by atoms with Crippen LogP contribution in [0.3, 0.4) is 0 Å². The van der Waals surface area contributed by atoms with Gasteiger partial charge in [-0.1, -0.05) is 22.9 Å². The number of nitrogens with zero attached hydrogens (tertiary/aromatic N) is 2. The van der Waals surface area contributed by atoms with Crippen LogP contribution in [-0.2, 0) is 0 Å². The Bertz CT molecular complexity index is 768. The average molecular weight is 279 g/mol. The molecule has 0 atom stereocenters. The molecule has 0 spiro atoms. The lowest BCUT2D eigenvalue weighted by molar-refractivity contribution is 0.435. The predicted molar refractivity (Wildman–Crippen MR) is 83.8 cm³/mol. The Hall–Kier alpha value is -2.62. The minimum atomic E-state index is 0.399. The summed E-state index contributed by atoms with van der Waals surface area (Å²) in [5.74, 6) is 1.12. The molecule has 0 aliphatic rings. The molecule has 0 aliphatic heterocycles. The molecule has 0 radical (unpaired) electrons. The number of nitrogen functional groups attached to an aromatic ring is 1. The highest BCUT2D eigenvalue weighted by molar-refractivity contribution is 5.88. The van der Waals surface area contributed by atoms with Gasteiger partial charge < -0.3 is 10.3 Å². The molecule has 3 rings (SSSR count). The fourth-order valence-corrected chi connectivity index (χ4v) is 2.81. The fraction of sp³-hybridized carbons (Fsp3) is 0.176. The standard InChI is InChI=1S/C17H17N3O/c1-10-8-11(2)14(12(3)9-10)16-15(17(18)20-21-16)13-4-6-19-7-5-13/h4-9H,1-3H3,(H2,18,20). The second-order valence-electron chi connectivity index (χ2n) is 5.28. The normalized spacial score (nSPS) is 10.8. The maximum absolute atomic E-state index is 6.02. The third-order valence-electron chi connectivity index (χ3n) is 3.59. The lowest BCUT2D eigenvalue weighted by atomic mass is 9.94. The van der Waals surface area contributed by atoms with E-state index in [9.17, 15) is 0 Å². The summed E-state index contributed by atoms with van der Waals surface area (Å²) in [6, 6.07) is 8.09. The van der Waals surface area contributed by atoms with E-state index in [0.717, 1.165) is 27.8 Å². The van der Waals surface area contributed by atoms with Crippen LogP contribution in [0.15, 0.2) is 41.2 Å². The highest BCUT2D eigenvalue weighted by Crippen LogP contribution is 2.39. The van der Waals surface area contributed by atoms with E-state index in [1.807, 2.05) is 12.1 Å². The predicted octanol–water partition coefficient (Wildman–Crippen LogP) is 3.91. The molecular weight excluding hydrogens is 262 g/mol. The van der Waals surface area contributed by atoms with E-state index in [0.29, 0.717) is 11.6 Å². The van der Waals surface area contributed by atoms with Gasteiger partial charge in [-0.2, -0.15) is 0 Å². The summed E-state index contributed by atoms with van der Waals surface area (Å²) in [7, 11) is 0. The highest BCUT2D eigenvalue weighted by Gasteiger charge is 2.20. The van der Waals surface area contributed by atoms with Crippen LogP contribution in [0.2, 0.25) is 0 Å². The monoisotopic (exact) mass is 279 g/mol. The van der Waals surface area contributed by atoms with E-state index in [2.05, 4.69) is 43.0 Å². The van der Waals surface area contributed by atoms with Crippen LogP contribution in [0.4, 0.5) is 5.82 Å². The van der Waals surface area contributed by atoms with Crippen LogP contribution < -0.4 is 5.73 Å². The van der Waals surface area contributed by atoms with E-state index in [-0.39, 0.29) is 0 Å². The van der Waals surface area contributed by atoms with E-state index >= 15 is 0 Å². The van der Waals surface area contributed by atoms with Crippen molar-refractivity contribution in [2.75, 3.05) is 5.73 Å². The van der Waals surface area contributed by atoms with Gasteiger partial charge in [-0.25, -0.2) is 0 Å². The quantitative estimate of drug-likeness (QED) is 0.772. The molecule has 106 valence electrons. The number of hydrogen-bond donors (Lipinski definition) is 1. The number of benzene rings is 1. The maximum atomic E-state index is 6.02. The fourth-order valence-electron chi connectivity index (χ4n) is 2.81. The number of nitrogens with two attached hydrogens (primary N) is 1. The van der Waals surface area contributed by atoms with Crippen molar-refractivity contribution >= 4 is 5.82 Å². The molecule has 2 heterocycles. The first kappa shape index (κ1) is 13.4. The molecule has 0 amide bonds. The Morgan fingerprint density at radius 3 is 2.19 bits per heavy atom. The lowest BCUT2D eigenvalue weighted by Crippen LogP contribution is -1.92. The van der Waals surface area contributed by atoms with Crippen LogP contribution in [0.5, 0.6) is 0 Å². The number of pyridine rings is 1. The molecule has 0 saturated heterocycles. The topological polar surface area (TPSA) is 64.9 Å². The SMILES string of the molecule is Cc1cc(C)c(-c2onc(N)c2-c2ccncc2)c(C)c1. The zero-order valence-corrected chi connectivity index (χ0v) is 12.3. The van der Waals surface area contributed by atoms with Crippen molar-refractivity contribution in [2.45, 2.75) is 20.8 Å². The third-order valence-corrected chi connectivity index (χ3v) is 3.59. The molecule has 3 aromatic rings. The van der Waals surface area contributed by atoms with Gasteiger partial charge in [-0.3, -0.25) is 4.98 Å². The Morgan fingerprint density at radius 1 is 0.952 bits per heavy atom. The zero-order valence-electron chi connectivity index (χ0n) is 12.3. The van der Waals surface area contributed by atoms with Gasteiger partial charge in [-0.15, -0.1) is 0 Å². The molecule has 0 unspecified atom stereocenters. The van der Waals surface area contributed by atoms with Gasteiger partial charge in [-0.05, 0) is 49.6 Å². The minimum Gasteiger partial charge on any atom is -0.380 e. The first-order valence-electron chi connectivity index (χ1n) is 6.81. The Morgan fingerprint density at radius 2 is 1.57 bits per heavy atom. The van der Waals surface area contributed by atoms with Crippen molar-refractivity contribution in [3.63, 3.8) is 0 Å². The molecule has 2 aromatic heterocycles. The Balaban J connectivity index is 2.27. The summed E-state index contributed by atoms with van der Waals surface area (Å²) in [6.07, 6.45) is 3.47. The van der Waals surface area contributed by atoms with Crippen molar-refractivity contribution in [1.82, 2.24) is 10.1 Å². The third kappa shape index (κ3) is 2.29. The molecule has 0 aliphatic carbocycles. The Labute approximate surface area is 123 Å². The molecule has 1 aromatic carbocycles. The Kier molecular flexibility index (Phi) is 3.22. The summed E-state index contributed by atoms with van der Waals surface area (Å²) in [5, 5.41) is 3.96. The molecule has 21 heavy (non-hydrogen) atoms. The first-order chi connectivity index (χ1) is 10.1. The number of aryl methyl sites for hydroxylation is 3. The van der Waals surface area contributed by atoms with Crippen LogP contribution in [0.25, 0.3) is 22.5 Å². The van der Waals surface area contributed by atoms with Crippen molar-refractivity contribution in [3.05, 3.63) is 53.3 Å². The largest absolute Gasteiger partial charge is 0.380 e. The molecular formula is C17H17N3O. The van der Waals surface area contributed by atoms with Crippen LogP contribution in [0.1, 0.15) is 16.7 Å². The smallest absolute Gasteiger partial charge is 0.177 e. The summed E-state index contributed by atoms with van der Waals surface area (Å²) in [6.45, 7) is 6.23. The highest BCUT2D eigenvalue weighted by atomic mass is 16.5. The summed E-state index contributed by atoms with van der Waals surface area (Å²) in [5.41, 5.74) is 12.4. The zero-order chi connectivity index (χ0) is 15.0. The second kappa shape index (κ2) is 5.05. The van der Waals surface area contributed by atoms with Crippen molar-refractivity contribution in [3.8, 4) is 22.5 Å². The van der Waals surface area contributed by atoms with E-state index in [1.165, 1.54) is 5.56 Å². The molecule has 0 saturated carbocycles. The molecule has 0 bridgehead atoms. The minimum absolute atomic E-state index is 0.399. The van der Waals surface area contributed by atoms with Gasteiger partial charge >= 0.3 is 0 Å². The molecule has 4 heteroatoms. The van der Waals surface area contributed by atoms with Crippen LogP contribution in [0, 0.1) is 20.8 Å². The van der Waals surface area contributed by atoms with Crippen LogP contribution in [-0.4, -0.2) is 10.1 Å². The van der Waals surface area contributed by atoms with E-state index in [1.54, 1.807) is 12.4 Å². The number of rotatable bonds is 2. The van der Waals surface area contributed by atoms with Crippen LogP contribution >= 0.6 is 0 Å². The van der Waals surface area contributed by atoms with Crippen molar-refractivity contribution in [1.29, 1.82) is 0 Å². The van der Waals surface area contributed by atoms with Gasteiger partial charge in [0.1, 0.15) is 0 Å². The molecule has 0 fully saturated rings. The van der Waals surface area contributed by atoms with Gasteiger partial charge in [0.15, 0.2) is 11.6 Å². The van der Waals surface area contributed by atoms with E-state index in [4.69, 9.17) is 10.3 Å². The van der Waals surface area contributed by atoms with Gasteiger partial charge in [0.05, 0.1) is 5.56 Å². The molecule has 2 N–H and O–H groups in total. The molecule has 4 nitrogen and oxygen atoms in total. The number of hydrogen-bond acceptors (Lipinski definition) is 4. The summed E-state index contributed by atoms with van der Waals surface area (Å²) >= 11 is 0. The summed E-state index contributed by atoms with van der Waals surface area (Å²) < 4.78 is 5.54. The average Bonchev–Trinajstić information content (AvgIpc) is 2.80. The maximum Gasteiger partial charge on any atom is 0.177 e. The lowest BCUT2D eigenvalue weighted by Gasteiger charge is -2.10. The summed E-state index contributed by atoms with van der Waals surface area (Å²) in [4.78, 5) is 4.04. The van der Waals surface area contributed by atoms with Crippen molar-refractivity contribution < 1.29 is 4.52 Å². The van der Waals surface area contributed by atoms with Gasteiger partial charge in [0.25, 0.3) is 0 Å². The number of aromatic nitrogens is 2.